The Bertz CT molecular complexity index is 1740. The Labute approximate surface area is 324 Å². The first-order chi connectivity index (χ1) is 25.9. The molecular weight excluding hydrogens is 665 g/mol. The van der Waals surface area contributed by atoms with Crippen LogP contribution in [0.5, 0.6) is 11.5 Å². The zero-order valence-corrected chi connectivity index (χ0v) is 33.6. The van der Waals surface area contributed by atoms with Gasteiger partial charge in [-0.3, -0.25) is 19.8 Å². The van der Waals surface area contributed by atoms with Gasteiger partial charge in [0.2, 0.25) is 0 Å². The van der Waals surface area contributed by atoms with E-state index in [0.29, 0.717) is 0 Å². The average molecular weight is 727 g/mol. The summed E-state index contributed by atoms with van der Waals surface area (Å²) in [5.41, 5.74) is 7.29. The topological polar surface area (TPSA) is 71.7 Å². The summed E-state index contributed by atoms with van der Waals surface area (Å²) in [4.78, 5) is 15.7. The first kappa shape index (κ1) is 39.4. The summed E-state index contributed by atoms with van der Waals surface area (Å²) < 4.78 is 0. The third-order valence-corrected chi connectivity index (χ3v) is 11.1. The van der Waals surface area contributed by atoms with E-state index in [2.05, 4.69) is 99.9 Å². The Hall–Kier alpha value is -4.26. The van der Waals surface area contributed by atoms with Crippen molar-refractivity contribution in [3.8, 4) is 11.5 Å². The zero-order valence-electron chi connectivity index (χ0n) is 33.6. The molecule has 6 rings (SSSR count). The van der Waals surface area contributed by atoms with Crippen LogP contribution in [0, 0.1) is 0 Å². The summed E-state index contributed by atoms with van der Waals surface area (Å²) in [6, 6.07) is 28.5. The van der Waals surface area contributed by atoms with Crippen LogP contribution in [0.15, 0.2) is 94.9 Å². The van der Waals surface area contributed by atoms with Crippen LogP contribution in [0.1, 0.15) is 137 Å². The first-order valence-corrected chi connectivity index (χ1v) is 20.2. The summed E-state index contributed by atoms with van der Waals surface area (Å²) >= 11 is 0. The maximum Gasteiger partial charge on any atom is 0.128 e. The number of hydrogen-bond acceptors (Lipinski definition) is 6. The van der Waals surface area contributed by atoms with Crippen LogP contribution >= 0.6 is 0 Å². The number of piperidine rings is 2. The van der Waals surface area contributed by atoms with E-state index < -0.39 is 12.1 Å². The van der Waals surface area contributed by atoms with E-state index in [1.54, 1.807) is 0 Å². The van der Waals surface area contributed by atoms with E-state index in [1.807, 2.05) is 48.8 Å². The quantitative estimate of drug-likeness (QED) is 0.151. The lowest BCUT2D eigenvalue weighted by Gasteiger charge is -2.28. The minimum absolute atomic E-state index is 0.239. The highest BCUT2D eigenvalue weighted by Gasteiger charge is 2.27. The molecule has 2 saturated heterocycles. The summed E-state index contributed by atoms with van der Waals surface area (Å²) in [6.07, 6.45) is 11.2. The van der Waals surface area contributed by atoms with Crippen molar-refractivity contribution < 1.29 is 10.2 Å². The van der Waals surface area contributed by atoms with E-state index in [4.69, 9.17) is 9.98 Å². The van der Waals surface area contributed by atoms with Crippen LogP contribution in [0.3, 0.4) is 0 Å². The molecule has 0 spiro atoms. The largest absolute Gasteiger partial charge is 0.507 e. The smallest absolute Gasteiger partial charge is 0.128 e. The van der Waals surface area contributed by atoms with Gasteiger partial charge in [-0.2, -0.15) is 0 Å². The predicted octanol–water partition coefficient (Wildman–Crippen LogP) is 10.7. The number of aromatic hydroxyl groups is 2. The van der Waals surface area contributed by atoms with Crippen molar-refractivity contribution in [2.45, 2.75) is 116 Å². The molecule has 2 aliphatic heterocycles. The fourth-order valence-corrected chi connectivity index (χ4v) is 8.03. The number of rotatable bonds is 11. The second-order valence-electron chi connectivity index (χ2n) is 17.6. The molecule has 0 saturated carbocycles. The van der Waals surface area contributed by atoms with Gasteiger partial charge in [-0.25, -0.2) is 0 Å². The van der Waals surface area contributed by atoms with E-state index in [9.17, 15) is 10.2 Å². The van der Waals surface area contributed by atoms with Crippen molar-refractivity contribution in [2.75, 3.05) is 26.2 Å². The fourth-order valence-electron chi connectivity index (χ4n) is 8.03. The van der Waals surface area contributed by atoms with Crippen LogP contribution in [-0.4, -0.2) is 58.6 Å². The maximum absolute atomic E-state index is 11.7. The summed E-state index contributed by atoms with van der Waals surface area (Å²) in [5.74, 6) is 0.566. The Kier molecular flexibility index (Phi) is 12.8. The highest BCUT2D eigenvalue weighted by molar-refractivity contribution is 5.86. The molecule has 286 valence electrons. The van der Waals surface area contributed by atoms with Gasteiger partial charge in [-0.1, -0.05) is 127 Å². The van der Waals surface area contributed by atoms with Crippen LogP contribution in [-0.2, 0) is 23.9 Å². The number of aliphatic imine (C=N–C) groups is 2. The Morgan fingerprint density at radius 1 is 0.537 bits per heavy atom. The minimum Gasteiger partial charge on any atom is -0.507 e. The second kappa shape index (κ2) is 17.5. The maximum atomic E-state index is 11.7. The standard InChI is InChI=1S/C48H62N4O2/c1-47(2,3)41-29-35(33-51-23-15-9-16-24-51)27-39(45(41)53)31-49-43(37-19-11-7-12-20-37)44(38-21-13-8-14-22-38)50-32-40-28-36(34-52-25-17-10-18-26-52)30-42(46(40)54)48(4,5)6/h7-8,11-14,19-22,27-32,43-44,53-54H,9-10,15-18,23-26,33-34H2,1-6H3/t43-,44-/m1/s1. The van der Waals surface area contributed by atoms with Crippen molar-refractivity contribution in [3.63, 3.8) is 0 Å². The highest BCUT2D eigenvalue weighted by Crippen LogP contribution is 2.39. The molecule has 0 unspecified atom stereocenters. The zero-order chi connectivity index (χ0) is 38.3. The first-order valence-electron chi connectivity index (χ1n) is 20.2. The molecule has 2 N–H and O–H groups in total. The molecule has 0 amide bonds. The number of nitrogens with zero attached hydrogens (tertiary/aromatic N) is 4. The highest BCUT2D eigenvalue weighted by atomic mass is 16.3. The lowest BCUT2D eigenvalue weighted by molar-refractivity contribution is 0.220. The monoisotopic (exact) mass is 726 g/mol. The fraction of sp³-hybridized carbons (Fsp3) is 0.458. The molecule has 54 heavy (non-hydrogen) atoms. The molecule has 6 heteroatoms. The van der Waals surface area contributed by atoms with Crippen LogP contribution in [0.4, 0.5) is 0 Å². The molecule has 2 fully saturated rings. The third-order valence-electron chi connectivity index (χ3n) is 11.1. The van der Waals surface area contributed by atoms with Crippen molar-refractivity contribution in [1.82, 2.24) is 9.80 Å². The van der Waals surface area contributed by atoms with Gasteiger partial charge in [0.1, 0.15) is 23.6 Å². The van der Waals surface area contributed by atoms with E-state index in [1.165, 1.54) is 49.7 Å². The van der Waals surface area contributed by atoms with Crippen molar-refractivity contribution in [3.05, 3.63) is 129 Å². The van der Waals surface area contributed by atoms with Crippen molar-refractivity contribution >= 4 is 12.4 Å². The number of phenolic OH excluding ortho intramolecular Hbond substituents is 2. The van der Waals surface area contributed by atoms with Gasteiger partial charge in [0.25, 0.3) is 0 Å². The Morgan fingerprint density at radius 2 is 0.889 bits per heavy atom. The van der Waals surface area contributed by atoms with Gasteiger partial charge in [0.15, 0.2) is 0 Å². The molecule has 2 aliphatic rings. The molecule has 0 radical (unpaired) electrons. The van der Waals surface area contributed by atoms with Gasteiger partial charge < -0.3 is 10.2 Å². The second-order valence-corrected chi connectivity index (χ2v) is 17.6. The van der Waals surface area contributed by atoms with Gasteiger partial charge in [0.05, 0.1) is 0 Å². The molecule has 0 aromatic heterocycles. The van der Waals surface area contributed by atoms with Crippen molar-refractivity contribution in [1.29, 1.82) is 0 Å². The van der Waals surface area contributed by atoms with Gasteiger partial charge in [0, 0.05) is 47.8 Å². The summed E-state index contributed by atoms with van der Waals surface area (Å²) in [5, 5.41) is 23.5. The molecule has 0 bridgehead atoms. The molecule has 4 aromatic rings. The lowest BCUT2D eigenvalue weighted by Crippen LogP contribution is -2.29. The molecule has 0 aliphatic carbocycles. The summed E-state index contributed by atoms with van der Waals surface area (Å²) in [6.45, 7) is 19.1. The van der Waals surface area contributed by atoms with Crippen molar-refractivity contribution in [2.24, 2.45) is 9.98 Å². The van der Waals surface area contributed by atoms with E-state index in [0.717, 1.165) is 72.6 Å². The van der Waals surface area contributed by atoms with Crippen LogP contribution in [0.25, 0.3) is 0 Å². The third kappa shape index (κ3) is 10.1. The van der Waals surface area contributed by atoms with E-state index >= 15 is 0 Å². The summed E-state index contributed by atoms with van der Waals surface area (Å²) in [7, 11) is 0. The Balaban J connectivity index is 1.43. The SMILES string of the molecule is CC(C)(C)c1cc(CN2CCCCC2)cc(C=N[C@H](c2ccccc2)[C@H](N=Cc2cc(CN3CCCCC3)cc(C(C)(C)C)c2O)c2ccccc2)c1O. The molecular formula is C48H62N4O2. The molecule has 6 nitrogen and oxygen atoms in total. The number of benzene rings is 4. The van der Waals surface area contributed by atoms with Gasteiger partial charge in [-0.05, 0) is 97.1 Å². The number of phenols is 2. The molecule has 2 heterocycles. The Morgan fingerprint density at radius 3 is 1.22 bits per heavy atom. The van der Waals surface area contributed by atoms with Gasteiger partial charge in [-0.15, -0.1) is 0 Å². The lowest BCUT2D eigenvalue weighted by atomic mass is 9.84. The normalized spacial score (nSPS) is 17.7. The minimum atomic E-state index is -0.395. The van der Waals surface area contributed by atoms with E-state index in [-0.39, 0.29) is 22.3 Å². The number of hydrogen-bond donors (Lipinski definition) is 2. The number of likely N-dealkylation sites (tertiary alicyclic amines) is 2. The van der Waals surface area contributed by atoms with Gasteiger partial charge >= 0.3 is 0 Å². The average Bonchev–Trinajstić information content (AvgIpc) is 3.15. The van der Waals surface area contributed by atoms with Crippen LogP contribution in [0.2, 0.25) is 0 Å². The molecule has 4 aromatic carbocycles. The van der Waals surface area contributed by atoms with Crippen LogP contribution < -0.4 is 0 Å². The molecule has 2 atom stereocenters. The predicted molar refractivity (Wildman–Crippen MR) is 225 cm³/mol.